The highest BCUT2D eigenvalue weighted by molar-refractivity contribution is 7.20. The Morgan fingerprint density at radius 1 is 1.10 bits per heavy atom. The van der Waals surface area contributed by atoms with Gasteiger partial charge in [-0.3, -0.25) is 14.9 Å². The number of nitro benzene ring substituents is 1. The van der Waals surface area contributed by atoms with E-state index in [1.807, 2.05) is 0 Å². The summed E-state index contributed by atoms with van der Waals surface area (Å²) in [6.07, 6.45) is 1.44. The summed E-state index contributed by atoms with van der Waals surface area (Å²) in [5.74, 6) is 0.963. The molecule has 0 spiro atoms. The standard InChI is InChI=1S/C19H17N3O6S/c1-26-14-6-11(7-15(27-2)18(14)28-3)10-20-21-19(23)17-9-12-8-13(22(24)25)4-5-16(12)29-17/h4-10H,1-3H3,(H,21,23)/b20-10-. The summed E-state index contributed by atoms with van der Waals surface area (Å²) in [6, 6.07) is 9.43. The number of rotatable bonds is 7. The molecule has 3 rings (SSSR count). The van der Waals surface area contributed by atoms with Gasteiger partial charge >= 0.3 is 0 Å². The third kappa shape index (κ3) is 4.27. The zero-order valence-corrected chi connectivity index (χ0v) is 16.6. The Bertz CT molecular complexity index is 1080. The zero-order chi connectivity index (χ0) is 21.0. The maximum absolute atomic E-state index is 12.4. The number of nitrogens with one attached hydrogen (secondary N) is 1. The molecule has 0 saturated carbocycles. The van der Waals surface area contributed by atoms with E-state index in [-0.39, 0.29) is 5.69 Å². The van der Waals surface area contributed by atoms with Gasteiger partial charge in [0.2, 0.25) is 5.75 Å². The van der Waals surface area contributed by atoms with E-state index < -0.39 is 10.8 Å². The van der Waals surface area contributed by atoms with Gasteiger partial charge in [-0.2, -0.15) is 5.10 Å². The Kier molecular flexibility index (Phi) is 5.93. The lowest BCUT2D eigenvalue weighted by atomic mass is 10.2. The number of hydrazone groups is 1. The maximum Gasteiger partial charge on any atom is 0.281 e. The summed E-state index contributed by atoms with van der Waals surface area (Å²) in [5.41, 5.74) is 3.05. The molecule has 0 aliphatic rings. The Labute approximate surface area is 169 Å². The predicted molar refractivity (Wildman–Crippen MR) is 110 cm³/mol. The molecule has 0 radical (unpaired) electrons. The van der Waals surface area contributed by atoms with Crippen molar-refractivity contribution in [2.24, 2.45) is 5.10 Å². The lowest BCUT2D eigenvalue weighted by Crippen LogP contribution is -2.16. The molecule has 9 nitrogen and oxygen atoms in total. The summed E-state index contributed by atoms with van der Waals surface area (Å²) < 4.78 is 16.6. The summed E-state index contributed by atoms with van der Waals surface area (Å²) in [5, 5.41) is 15.5. The number of nitrogens with zero attached hydrogens (tertiary/aromatic N) is 2. The molecule has 0 unspecified atom stereocenters. The molecular formula is C19H17N3O6S. The third-order valence-corrected chi connectivity index (χ3v) is 5.12. The van der Waals surface area contributed by atoms with Crippen LogP contribution >= 0.6 is 11.3 Å². The van der Waals surface area contributed by atoms with Crippen molar-refractivity contribution >= 4 is 39.2 Å². The molecule has 3 aromatic rings. The van der Waals surface area contributed by atoms with E-state index in [1.165, 1.54) is 51.0 Å². The van der Waals surface area contributed by atoms with Gasteiger partial charge in [-0.15, -0.1) is 11.3 Å². The van der Waals surface area contributed by atoms with Gasteiger partial charge in [-0.05, 0) is 24.3 Å². The molecule has 150 valence electrons. The molecule has 1 amide bonds. The first-order chi connectivity index (χ1) is 14.0. The molecule has 0 atom stereocenters. The average Bonchev–Trinajstić information content (AvgIpc) is 3.16. The Balaban J connectivity index is 1.77. The first kappa shape index (κ1) is 20.1. The van der Waals surface area contributed by atoms with E-state index in [4.69, 9.17) is 14.2 Å². The number of amides is 1. The summed E-state index contributed by atoms with van der Waals surface area (Å²) in [6.45, 7) is 0. The van der Waals surface area contributed by atoms with Gasteiger partial charge < -0.3 is 14.2 Å². The van der Waals surface area contributed by atoms with Crippen molar-refractivity contribution in [2.45, 2.75) is 0 Å². The van der Waals surface area contributed by atoms with E-state index in [1.54, 1.807) is 24.3 Å². The number of carbonyl (C=O) groups excluding carboxylic acids is 1. The summed E-state index contributed by atoms with van der Waals surface area (Å²) in [7, 11) is 4.52. The van der Waals surface area contributed by atoms with Crippen molar-refractivity contribution in [3.05, 3.63) is 57.0 Å². The summed E-state index contributed by atoms with van der Waals surface area (Å²) in [4.78, 5) is 23.1. The molecule has 0 aliphatic heterocycles. The van der Waals surface area contributed by atoms with Crippen LogP contribution in [0.2, 0.25) is 0 Å². The molecule has 0 saturated heterocycles. The zero-order valence-electron chi connectivity index (χ0n) is 15.8. The molecule has 0 aliphatic carbocycles. The van der Waals surface area contributed by atoms with E-state index in [2.05, 4.69) is 10.5 Å². The van der Waals surface area contributed by atoms with Crippen LogP contribution in [0, 0.1) is 10.1 Å². The number of nitro groups is 1. The summed E-state index contributed by atoms with van der Waals surface area (Å²) >= 11 is 1.22. The van der Waals surface area contributed by atoms with Crippen LogP contribution in [-0.4, -0.2) is 38.4 Å². The van der Waals surface area contributed by atoms with Crippen LogP contribution < -0.4 is 19.6 Å². The van der Waals surface area contributed by atoms with Crippen LogP contribution in [-0.2, 0) is 0 Å². The molecule has 2 aromatic carbocycles. The van der Waals surface area contributed by atoms with Crippen molar-refractivity contribution in [2.75, 3.05) is 21.3 Å². The monoisotopic (exact) mass is 415 g/mol. The SMILES string of the molecule is COc1cc(/C=N\NC(=O)c2cc3cc([N+](=O)[O-])ccc3s2)cc(OC)c1OC. The fraction of sp³-hybridized carbons (Fsp3) is 0.158. The second kappa shape index (κ2) is 8.57. The number of fused-ring (bicyclic) bond motifs is 1. The van der Waals surface area contributed by atoms with Crippen molar-refractivity contribution < 1.29 is 23.9 Å². The number of hydrogen-bond acceptors (Lipinski definition) is 8. The number of benzene rings is 2. The Morgan fingerprint density at radius 3 is 2.38 bits per heavy atom. The fourth-order valence-corrected chi connectivity index (χ4v) is 3.59. The highest BCUT2D eigenvalue weighted by Gasteiger charge is 2.14. The Morgan fingerprint density at radius 2 is 1.79 bits per heavy atom. The minimum Gasteiger partial charge on any atom is -0.493 e. The van der Waals surface area contributed by atoms with E-state index in [0.717, 1.165) is 4.70 Å². The van der Waals surface area contributed by atoms with Crippen molar-refractivity contribution in [1.82, 2.24) is 5.43 Å². The van der Waals surface area contributed by atoms with Gasteiger partial charge in [0, 0.05) is 27.8 Å². The first-order valence-electron chi connectivity index (χ1n) is 8.28. The predicted octanol–water partition coefficient (Wildman–Crippen LogP) is 3.60. The quantitative estimate of drug-likeness (QED) is 0.358. The Hall–Kier alpha value is -3.66. The van der Waals surface area contributed by atoms with Gasteiger partial charge in [-0.25, -0.2) is 5.43 Å². The van der Waals surface area contributed by atoms with Crippen LogP contribution in [0.25, 0.3) is 10.1 Å². The van der Waals surface area contributed by atoms with E-state index in [0.29, 0.717) is 33.1 Å². The average molecular weight is 415 g/mol. The molecule has 0 bridgehead atoms. The molecule has 1 N–H and O–H groups in total. The number of ether oxygens (including phenoxy) is 3. The minimum atomic E-state index is -0.474. The van der Waals surface area contributed by atoms with E-state index >= 15 is 0 Å². The number of carbonyl (C=O) groups is 1. The normalized spacial score (nSPS) is 10.9. The third-order valence-electron chi connectivity index (χ3n) is 4.00. The van der Waals surface area contributed by atoms with Gasteiger partial charge in [0.25, 0.3) is 11.6 Å². The second-order valence-electron chi connectivity index (χ2n) is 5.75. The van der Waals surface area contributed by atoms with Crippen molar-refractivity contribution in [3.8, 4) is 17.2 Å². The molecule has 1 heterocycles. The molecule has 0 fully saturated rings. The van der Waals surface area contributed by atoms with Crippen LogP contribution in [0.15, 0.2) is 41.5 Å². The van der Waals surface area contributed by atoms with Gasteiger partial charge in [-0.1, -0.05) is 0 Å². The van der Waals surface area contributed by atoms with Crippen molar-refractivity contribution in [1.29, 1.82) is 0 Å². The molecule has 1 aromatic heterocycles. The van der Waals surface area contributed by atoms with Crippen molar-refractivity contribution in [3.63, 3.8) is 0 Å². The van der Waals surface area contributed by atoms with E-state index in [9.17, 15) is 14.9 Å². The number of hydrogen-bond donors (Lipinski definition) is 1. The fourth-order valence-electron chi connectivity index (χ4n) is 2.65. The topological polar surface area (TPSA) is 112 Å². The largest absolute Gasteiger partial charge is 0.493 e. The van der Waals surface area contributed by atoms with Crippen LogP contribution in [0.1, 0.15) is 15.2 Å². The van der Waals surface area contributed by atoms with Crippen LogP contribution in [0.3, 0.4) is 0 Å². The minimum absolute atomic E-state index is 0.0253. The number of thiophene rings is 1. The van der Waals surface area contributed by atoms with Gasteiger partial charge in [0.1, 0.15) is 0 Å². The van der Waals surface area contributed by atoms with Gasteiger partial charge in [0.05, 0.1) is 37.3 Å². The number of non-ortho nitro benzene ring substituents is 1. The number of methoxy groups -OCH3 is 3. The highest BCUT2D eigenvalue weighted by atomic mass is 32.1. The highest BCUT2D eigenvalue weighted by Crippen LogP contribution is 2.37. The smallest absolute Gasteiger partial charge is 0.281 e. The lowest BCUT2D eigenvalue weighted by Gasteiger charge is -2.12. The molecule has 29 heavy (non-hydrogen) atoms. The van der Waals surface area contributed by atoms with Gasteiger partial charge in [0.15, 0.2) is 11.5 Å². The van der Waals surface area contributed by atoms with Crippen LogP contribution in [0.5, 0.6) is 17.2 Å². The molecule has 10 heteroatoms. The lowest BCUT2D eigenvalue weighted by molar-refractivity contribution is -0.384. The van der Waals surface area contributed by atoms with Crippen LogP contribution in [0.4, 0.5) is 5.69 Å². The maximum atomic E-state index is 12.4. The first-order valence-corrected chi connectivity index (χ1v) is 9.10. The molecular weight excluding hydrogens is 398 g/mol. The second-order valence-corrected chi connectivity index (χ2v) is 6.83.